The van der Waals surface area contributed by atoms with Gasteiger partial charge >= 0.3 is 11.6 Å². The highest BCUT2D eigenvalue weighted by Gasteiger charge is 2.28. The van der Waals surface area contributed by atoms with Crippen LogP contribution >= 0.6 is 0 Å². The number of para-hydroxylation sites is 1. The monoisotopic (exact) mass is 509 g/mol. The molecule has 2 aromatic heterocycles. The molecule has 6 aromatic rings. The molecule has 0 amide bonds. The zero-order chi connectivity index (χ0) is 26.3. The standard InChI is InChI=1S/C34H23NO4/c36-30-19-24(31-25-11-5-4-10-22(25)15-17-29(31)39-30)20-38-34(37)32-26-12-6-7-13-28(26)35-33-23(14-16-27(32)33)18-21-8-2-1-3-9-21/h1-13,15,17-19H,14,16,20H2/b23-18+. The Hall–Kier alpha value is -5.03. The Bertz CT molecular complexity index is 2000. The SMILES string of the molecule is O=C(OCc1cc(=O)oc2ccc3ccccc3c12)c1c2c(nc3ccccc13)/C(=C/c1ccccc1)CC2. The highest BCUT2D eigenvalue weighted by molar-refractivity contribution is 6.08. The average Bonchev–Trinajstić information content (AvgIpc) is 3.36. The van der Waals surface area contributed by atoms with E-state index < -0.39 is 11.6 Å². The highest BCUT2D eigenvalue weighted by Crippen LogP contribution is 2.38. The van der Waals surface area contributed by atoms with Crippen LogP contribution < -0.4 is 5.63 Å². The molecular formula is C34H23NO4. The van der Waals surface area contributed by atoms with E-state index >= 15 is 0 Å². The molecule has 0 unspecified atom stereocenters. The summed E-state index contributed by atoms with van der Waals surface area (Å²) >= 11 is 0. The molecule has 0 N–H and O–H groups in total. The lowest BCUT2D eigenvalue weighted by Crippen LogP contribution is -2.12. The quantitative estimate of drug-likeness (QED) is 0.141. The summed E-state index contributed by atoms with van der Waals surface area (Å²) in [5.74, 6) is -0.424. The van der Waals surface area contributed by atoms with Crippen LogP contribution in [0.2, 0.25) is 0 Å². The van der Waals surface area contributed by atoms with Gasteiger partial charge in [-0.05, 0) is 58.5 Å². The van der Waals surface area contributed by atoms with Gasteiger partial charge in [0, 0.05) is 22.4 Å². The molecule has 0 saturated carbocycles. The molecule has 39 heavy (non-hydrogen) atoms. The van der Waals surface area contributed by atoms with Gasteiger partial charge in [0.15, 0.2) is 0 Å². The number of allylic oxidation sites excluding steroid dienone is 1. The Morgan fingerprint density at radius 2 is 1.64 bits per heavy atom. The van der Waals surface area contributed by atoms with Gasteiger partial charge in [-0.3, -0.25) is 0 Å². The predicted octanol–water partition coefficient (Wildman–Crippen LogP) is 7.34. The second-order valence-corrected chi connectivity index (χ2v) is 9.74. The molecule has 0 bridgehead atoms. The summed E-state index contributed by atoms with van der Waals surface area (Å²) in [6, 6.07) is 30.8. The number of hydrogen-bond acceptors (Lipinski definition) is 5. The highest BCUT2D eigenvalue weighted by atomic mass is 16.5. The molecule has 1 aliphatic rings. The van der Waals surface area contributed by atoms with Crippen LogP contribution in [0, 0.1) is 0 Å². The topological polar surface area (TPSA) is 69.4 Å². The summed E-state index contributed by atoms with van der Waals surface area (Å²) in [6.07, 6.45) is 3.65. The van der Waals surface area contributed by atoms with Crippen LogP contribution in [-0.4, -0.2) is 11.0 Å². The summed E-state index contributed by atoms with van der Waals surface area (Å²) in [4.78, 5) is 31.1. The van der Waals surface area contributed by atoms with Gasteiger partial charge in [-0.25, -0.2) is 14.6 Å². The van der Waals surface area contributed by atoms with Crippen molar-refractivity contribution in [2.45, 2.75) is 19.4 Å². The zero-order valence-corrected chi connectivity index (χ0v) is 21.0. The van der Waals surface area contributed by atoms with Crippen LogP contribution in [-0.2, 0) is 17.8 Å². The van der Waals surface area contributed by atoms with Crippen molar-refractivity contribution in [2.24, 2.45) is 0 Å². The molecule has 0 spiro atoms. The maximum atomic E-state index is 13.8. The number of benzene rings is 4. The maximum Gasteiger partial charge on any atom is 0.339 e. The number of carbonyl (C=O) groups is 1. The van der Waals surface area contributed by atoms with Crippen molar-refractivity contribution < 1.29 is 13.9 Å². The Morgan fingerprint density at radius 1 is 0.872 bits per heavy atom. The molecule has 0 aliphatic heterocycles. The van der Waals surface area contributed by atoms with Crippen molar-refractivity contribution in [3.63, 3.8) is 0 Å². The Labute approximate surface area is 224 Å². The minimum atomic E-state index is -0.477. The van der Waals surface area contributed by atoms with Gasteiger partial charge in [0.05, 0.1) is 16.8 Å². The number of nitrogens with zero attached hydrogens (tertiary/aromatic N) is 1. The van der Waals surface area contributed by atoms with Crippen LogP contribution in [0.3, 0.4) is 0 Å². The van der Waals surface area contributed by atoms with E-state index in [9.17, 15) is 9.59 Å². The molecule has 5 nitrogen and oxygen atoms in total. The first-order valence-corrected chi connectivity index (χ1v) is 12.9. The first-order chi connectivity index (χ1) is 19.2. The van der Waals surface area contributed by atoms with Gasteiger partial charge in [-0.1, -0.05) is 78.9 Å². The fraction of sp³-hybridized carbons (Fsp3) is 0.0882. The Balaban J connectivity index is 1.31. The summed E-state index contributed by atoms with van der Waals surface area (Å²) in [6.45, 7) is -0.0485. The number of pyridine rings is 1. The van der Waals surface area contributed by atoms with E-state index in [-0.39, 0.29) is 6.61 Å². The van der Waals surface area contributed by atoms with E-state index in [2.05, 4.69) is 18.2 Å². The molecule has 0 saturated heterocycles. The van der Waals surface area contributed by atoms with E-state index in [0.29, 0.717) is 23.1 Å². The molecular weight excluding hydrogens is 486 g/mol. The smallest absolute Gasteiger partial charge is 0.339 e. The second kappa shape index (κ2) is 9.37. The molecule has 0 fully saturated rings. The summed E-state index contributed by atoms with van der Waals surface area (Å²) in [5.41, 5.74) is 5.87. The Kier molecular flexibility index (Phi) is 5.55. The van der Waals surface area contributed by atoms with E-state index in [1.165, 1.54) is 6.07 Å². The molecule has 7 rings (SSSR count). The summed E-state index contributed by atoms with van der Waals surface area (Å²) < 4.78 is 11.4. The number of carbonyl (C=O) groups excluding carboxylic acids is 1. The van der Waals surface area contributed by atoms with Crippen molar-refractivity contribution in [3.8, 4) is 0 Å². The number of rotatable bonds is 4. The van der Waals surface area contributed by atoms with Crippen LogP contribution in [0.1, 0.15) is 39.2 Å². The number of aromatic nitrogens is 1. The lowest BCUT2D eigenvalue weighted by molar-refractivity contribution is 0.0475. The van der Waals surface area contributed by atoms with Gasteiger partial charge in [0.2, 0.25) is 0 Å². The summed E-state index contributed by atoms with van der Waals surface area (Å²) in [5, 5.41) is 3.50. The molecule has 188 valence electrons. The fourth-order valence-electron chi connectivity index (χ4n) is 5.61. The largest absolute Gasteiger partial charge is 0.457 e. The first-order valence-electron chi connectivity index (χ1n) is 12.9. The number of hydrogen-bond donors (Lipinski definition) is 0. The van der Waals surface area contributed by atoms with Gasteiger partial charge in [0.1, 0.15) is 12.2 Å². The maximum absolute atomic E-state index is 13.8. The third-order valence-corrected chi connectivity index (χ3v) is 7.36. The fourth-order valence-corrected chi connectivity index (χ4v) is 5.61. The van der Waals surface area contributed by atoms with Gasteiger partial charge < -0.3 is 9.15 Å². The van der Waals surface area contributed by atoms with E-state index in [1.54, 1.807) is 6.07 Å². The van der Waals surface area contributed by atoms with Crippen molar-refractivity contribution in [1.29, 1.82) is 0 Å². The van der Waals surface area contributed by atoms with E-state index in [0.717, 1.165) is 55.9 Å². The average molecular weight is 510 g/mol. The lowest BCUT2D eigenvalue weighted by Gasteiger charge is -2.13. The summed E-state index contributed by atoms with van der Waals surface area (Å²) in [7, 11) is 0. The minimum Gasteiger partial charge on any atom is -0.457 e. The predicted molar refractivity (Wildman–Crippen MR) is 153 cm³/mol. The van der Waals surface area contributed by atoms with Crippen LogP contribution in [0.4, 0.5) is 0 Å². The first kappa shape index (κ1) is 23.1. The van der Waals surface area contributed by atoms with Gasteiger partial charge in [0.25, 0.3) is 0 Å². The molecule has 5 heteroatoms. The van der Waals surface area contributed by atoms with Crippen molar-refractivity contribution in [3.05, 3.63) is 135 Å². The van der Waals surface area contributed by atoms with E-state index in [4.69, 9.17) is 14.1 Å². The molecule has 4 aromatic carbocycles. The van der Waals surface area contributed by atoms with Crippen LogP contribution in [0.5, 0.6) is 0 Å². The second-order valence-electron chi connectivity index (χ2n) is 9.74. The Morgan fingerprint density at radius 3 is 2.51 bits per heavy atom. The molecule has 0 atom stereocenters. The zero-order valence-electron chi connectivity index (χ0n) is 21.0. The number of esters is 1. The third kappa shape index (κ3) is 4.09. The lowest BCUT2D eigenvalue weighted by atomic mass is 10.0. The van der Waals surface area contributed by atoms with Crippen LogP contribution in [0.15, 0.2) is 106 Å². The minimum absolute atomic E-state index is 0.0485. The molecule has 1 aliphatic carbocycles. The van der Waals surface area contributed by atoms with E-state index in [1.807, 2.05) is 72.8 Å². The van der Waals surface area contributed by atoms with Gasteiger partial charge in [-0.15, -0.1) is 0 Å². The van der Waals surface area contributed by atoms with Crippen LogP contribution in [0.25, 0.3) is 44.3 Å². The third-order valence-electron chi connectivity index (χ3n) is 7.36. The number of ether oxygens (including phenoxy) is 1. The van der Waals surface area contributed by atoms with Crippen molar-refractivity contribution in [1.82, 2.24) is 4.98 Å². The molecule has 2 heterocycles. The normalized spacial score (nSPS) is 13.8. The molecule has 0 radical (unpaired) electrons. The van der Waals surface area contributed by atoms with Crippen molar-refractivity contribution in [2.75, 3.05) is 0 Å². The van der Waals surface area contributed by atoms with Crippen molar-refractivity contribution >= 4 is 50.3 Å². The number of fused-ring (bicyclic) bond motifs is 5. The van der Waals surface area contributed by atoms with Gasteiger partial charge in [-0.2, -0.15) is 0 Å².